The molecule has 13 heteroatoms. The van der Waals surface area contributed by atoms with E-state index in [9.17, 15) is 18.0 Å². The molecular weight excluding hydrogens is 623 g/mol. The molecule has 1 fully saturated rings. The number of carbonyl (C=O) groups excluding carboxylic acids is 1. The predicted octanol–water partition coefficient (Wildman–Crippen LogP) is 6.98. The van der Waals surface area contributed by atoms with Gasteiger partial charge >= 0.3 is 12.3 Å². The molecule has 1 aromatic carbocycles. The monoisotopic (exact) mass is 659 g/mol. The van der Waals surface area contributed by atoms with Crippen molar-refractivity contribution < 1.29 is 27.4 Å². The third kappa shape index (κ3) is 6.98. The summed E-state index contributed by atoms with van der Waals surface area (Å²) in [4.78, 5) is 37.2. The van der Waals surface area contributed by atoms with E-state index < -0.39 is 23.6 Å². The van der Waals surface area contributed by atoms with E-state index in [1.165, 1.54) is 10.9 Å². The second kappa shape index (κ2) is 12.6. The second-order valence-corrected chi connectivity index (χ2v) is 13.2. The summed E-state index contributed by atoms with van der Waals surface area (Å²) >= 11 is 0. The third-order valence-corrected chi connectivity index (χ3v) is 7.98. The van der Waals surface area contributed by atoms with Crippen LogP contribution in [0.3, 0.4) is 0 Å². The Morgan fingerprint density at radius 3 is 2.38 bits per heavy atom. The van der Waals surface area contributed by atoms with Crippen LogP contribution < -0.4 is 4.74 Å². The van der Waals surface area contributed by atoms with Gasteiger partial charge < -0.3 is 18.9 Å². The molecule has 4 aromatic rings. The molecule has 48 heavy (non-hydrogen) atoms. The number of rotatable bonds is 5. The lowest BCUT2D eigenvalue weighted by atomic mass is 10.0. The maximum Gasteiger partial charge on any atom is 0.434 e. The van der Waals surface area contributed by atoms with Crippen LogP contribution in [0.5, 0.6) is 5.88 Å². The molecule has 0 atom stereocenters. The Kier molecular flexibility index (Phi) is 8.62. The van der Waals surface area contributed by atoms with Crippen molar-refractivity contribution in [2.75, 3.05) is 13.7 Å². The van der Waals surface area contributed by atoms with E-state index in [1.807, 2.05) is 20.8 Å². The summed E-state index contributed by atoms with van der Waals surface area (Å²) in [6.07, 6.45) is -0.00875. The Balaban J connectivity index is 1.39. The highest BCUT2D eigenvalue weighted by Gasteiger charge is 2.36. The molecule has 1 amide bonds. The number of amides is 1. The van der Waals surface area contributed by atoms with Gasteiger partial charge in [-0.3, -0.25) is 0 Å². The molecule has 6 rings (SSSR count). The van der Waals surface area contributed by atoms with Crippen molar-refractivity contribution in [1.29, 1.82) is 0 Å². The van der Waals surface area contributed by atoms with Gasteiger partial charge in [-0.05, 0) is 65.5 Å². The number of hydrogen-bond acceptors (Lipinski definition) is 8. The van der Waals surface area contributed by atoms with E-state index in [1.54, 1.807) is 50.1 Å². The number of benzene rings is 1. The fraction of sp³-hybridized carbons (Fsp3) is 0.429. The Bertz CT molecular complexity index is 1910. The first kappa shape index (κ1) is 32.9. The zero-order valence-corrected chi connectivity index (χ0v) is 27.6. The standard InChI is InChI=1S/C35H36F3N7O3/c1-20(2)45-18-27(35(36,37)38)43-31(45)23-10-7-21(8-11-23)9-14-25-24-17-44(33(46)48-34(3,4)5)16-15-26(24)42-30(41-25)28-29(22-12-13-22)39-19-40-32(28)47-6/h7-8,10-11,18-20,22H,12-13,15-17H2,1-6H3. The minimum atomic E-state index is -4.55. The Morgan fingerprint density at radius 2 is 1.75 bits per heavy atom. The molecule has 0 saturated heterocycles. The molecule has 0 N–H and O–H groups in total. The van der Waals surface area contributed by atoms with Gasteiger partial charge in [0.25, 0.3) is 0 Å². The van der Waals surface area contributed by atoms with Gasteiger partial charge in [-0.15, -0.1) is 0 Å². The van der Waals surface area contributed by atoms with Gasteiger partial charge in [0, 0.05) is 47.8 Å². The summed E-state index contributed by atoms with van der Waals surface area (Å²) in [5.41, 5.74) is 2.91. The van der Waals surface area contributed by atoms with Gasteiger partial charge in [-0.2, -0.15) is 13.2 Å². The molecule has 10 nitrogen and oxygen atoms in total. The normalized spacial score (nSPS) is 14.8. The highest BCUT2D eigenvalue weighted by molar-refractivity contribution is 5.70. The quantitative estimate of drug-likeness (QED) is 0.211. The summed E-state index contributed by atoms with van der Waals surface area (Å²) in [5.74, 6) is 7.61. The molecular formula is C35H36F3N7O3. The number of ether oxygens (including phenoxy) is 2. The zero-order valence-electron chi connectivity index (χ0n) is 27.6. The van der Waals surface area contributed by atoms with E-state index in [0.717, 1.165) is 30.4 Å². The molecule has 250 valence electrons. The lowest BCUT2D eigenvalue weighted by molar-refractivity contribution is -0.140. The number of alkyl halides is 3. The molecule has 1 aliphatic carbocycles. The van der Waals surface area contributed by atoms with Crippen LogP contribution in [0.15, 0.2) is 36.8 Å². The third-order valence-electron chi connectivity index (χ3n) is 7.98. The van der Waals surface area contributed by atoms with Crippen LogP contribution >= 0.6 is 0 Å². The summed E-state index contributed by atoms with van der Waals surface area (Å²) in [6.45, 7) is 9.68. The molecule has 0 bridgehead atoms. The largest absolute Gasteiger partial charge is 0.480 e. The molecule has 0 radical (unpaired) electrons. The van der Waals surface area contributed by atoms with E-state index in [0.29, 0.717) is 52.6 Å². The Morgan fingerprint density at radius 1 is 1.02 bits per heavy atom. The van der Waals surface area contributed by atoms with Gasteiger partial charge in [-0.1, -0.05) is 18.1 Å². The summed E-state index contributed by atoms with van der Waals surface area (Å²) < 4.78 is 53.1. The fourth-order valence-electron chi connectivity index (χ4n) is 5.50. The summed E-state index contributed by atoms with van der Waals surface area (Å²) in [5, 5.41) is 0. The molecule has 0 unspecified atom stereocenters. The molecule has 3 aromatic heterocycles. The van der Waals surface area contributed by atoms with Gasteiger partial charge in [0.05, 0.1) is 25.0 Å². The van der Waals surface area contributed by atoms with Gasteiger partial charge in [0.1, 0.15) is 29.0 Å². The number of halogens is 3. The van der Waals surface area contributed by atoms with Gasteiger partial charge in [0.2, 0.25) is 5.88 Å². The average Bonchev–Trinajstić information content (AvgIpc) is 3.78. The number of aromatic nitrogens is 6. The Labute approximate surface area is 276 Å². The van der Waals surface area contributed by atoms with Crippen LogP contribution in [0, 0.1) is 11.8 Å². The van der Waals surface area contributed by atoms with Crippen molar-refractivity contribution in [2.24, 2.45) is 0 Å². The smallest absolute Gasteiger partial charge is 0.434 e. The predicted molar refractivity (Wildman–Crippen MR) is 171 cm³/mol. The van der Waals surface area contributed by atoms with Crippen LogP contribution in [0.25, 0.3) is 22.8 Å². The van der Waals surface area contributed by atoms with Crippen LogP contribution in [0.1, 0.15) is 93.3 Å². The lowest BCUT2D eigenvalue weighted by Gasteiger charge is -2.31. The minimum absolute atomic E-state index is 0.213. The van der Waals surface area contributed by atoms with E-state index >= 15 is 0 Å². The topological polar surface area (TPSA) is 108 Å². The summed E-state index contributed by atoms with van der Waals surface area (Å²) in [6, 6.07) is 6.64. The highest BCUT2D eigenvalue weighted by atomic mass is 19.4. The van der Waals surface area contributed by atoms with E-state index in [-0.39, 0.29) is 24.3 Å². The number of fused-ring (bicyclic) bond motifs is 1. The van der Waals surface area contributed by atoms with Crippen molar-refractivity contribution in [1.82, 2.24) is 34.4 Å². The molecule has 1 saturated carbocycles. The van der Waals surface area contributed by atoms with Crippen molar-refractivity contribution in [2.45, 2.75) is 84.2 Å². The number of hydrogen-bond donors (Lipinski definition) is 0. The Hall–Kier alpha value is -4.99. The minimum Gasteiger partial charge on any atom is -0.480 e. The van der Waals surface area contributed by atoms with Crippen LogP contribution in [0.2, 0.25) is 0 Å². The lowest BCUT2D eigenvalue weighted by Crippen LogP contribution is -2.40. The zero-order chi connectivity index (χ0) is 34.4. The average molecular weight is 660 g/mol. The summed E-state index contributed by atoms with van der Waals surface area (Å²) in [7, 11) is 1.54. The maximum absolute atomic E-state index is 13.4. The first-order chi connectivity index (χ1) is 22.7. The van der Waals surface area contributed by atoms with Crippen molar-refractivity contribution >= 4 is 6.09 Å². The van der Waals surface area contributed by atoms with Crippen LogP contribution in [-0.4, -0.2) is 59.7 Å². The number of methoxy groups -OCH3 is 1. The van der Waals surface area contributed by atoms with E-state index in [4.69, 9.17) is 19.4 Å². The first-order valence-electron chi connectivity index (χ1n) is 15.8. The van der Waals surface area contributed by atoms with Crippen molar-refractivity contribution in [3.05, 3.63) is 70.7 Å². The van der Waals surface area contributed by atoms with Gasteiger partial charge in [-0.25, -0.2) is 29.7 Å². The highest BCUT2D eigenvalue weighted by Crippen LogP contribution is 2.45. The van der Waals surface area contributed by atoms with Crippen LogP contribution in [0.4, 0.5) is 18.0 Å². The van der Waals surface area contributed by atoms with Crippen molar-refractivity contribution in [3.8, 4) is 40.5 Å². The maximum atomic E-state index is 13.4. The van der Waals surface area contributed by atoms with Gasteiger partial charge in [0.15, 0.2) is 11.5 Å². The fourth-order valence-corrected chi connectivity index (χ4v) is 5.50. The molecule has 1 aliphatic heterocycles. The first-order valence-corrected chi connectivity index (χ1v) is 15.8. The molecule has 4 heterocycles. The molecule has 0 spiro atoms. The van der Waals surface area contributed by atoms with Crippen LogP contribution in [-0.2, 0) is 23.9 Å². The van der Waals surface area contributed by atoms with E-state index in [2.05, 4.69) is 26.8 Å². The second-order valence-electron chi connectivity index (χ2n) is 13.2. The van der Waals surface area contributed by atoms with Crippen molar-refractivity contribution in [3.63, 3.8) is 0 Å². The molecule has 2 aliphatic rings. The number of carbonyl (C=O) groups is 1. The SMILES string of the molecule is COc1ncnc(C2CC2)c1-c1nc(C#Cc2ccc(-c3nc(C(F)(F)F)cn3C(C)C)cc2)c2c(n1)CCN(C(=O)OC(C)(C)C)C2. The number of nitrogens with zero attached hydrogens (tertiary/aromatic N) is 7. The number of imidazole rings is 1.